The van der Waals surface area contributed by atoms with Crippen molar-refractivity contribution in [1.82, 2.24) is 0 Å². The first-order valence-corrected chi connectivity index (χ1v) is 9.43. The quantitative estimate of drug-likeness (QED) is 0.371. The fourth-order valence-corrected chi connectivity index (χ4v) is 2.02. The summed E-state index contributed by atoms with van der Waals surface area (Å²) in [7, 11) is -3.72. The summed E-state index contributed by atoms with van der Waals surface area (Å²) in [6.45, 7) is 8.71. The van der Waals surface area contributed by atoms with Crippen molar-refractivity contribution in [1.29, 1.82) is 0 Å². The van der Waals surface area contributed by atoms with Gasteiger partial charge in [0.25, 0.3) is 0 Å². The molecular formula is C12H30O6P2. The average Bonchev–Trinajstić information content (AvgIpc) is 2.38. The van der Waals surface area contributed by atoms with Gasteiger partial charge < -0.3 is 28.3 Å². The zero-order chi connectivity index (χ0) is 15.6. The van der Waals surface area contributed by atoms with E-state index in [0.29, 0.717) is 0 Å². The molecule has 6 nitrogen and oxygen atoms in total. The van der Waals surface area contributed by atoms with Gasteiger partial charge in [-0.25, -0.2) is 0 Å². The molecule has 20 heavy (non-hydrogen) atoms. The van der Waals surface area contributed by atoms with Crippen LogP contribution in [0.25, 0.3) is 0 Å². The van der Waals surface area contributed by atoms with Gasteiger partial charge in [-0.05, 0) is 19.3 Å². The second-order valence-electron chi connectivity index (χ2n) is 4.05. The van der Waals surface area contributed by atoms with Crippen molar-refractivity contribution in [2.45, 2.75) is 59.3 Å². The summed E-state index contributed by atoms with van der Waals surface area (Å²) in [6, 6.07) is 0. The number of hydrogen-bond acceptors (Lipinski definition) is 6. The predicted octanol–water partition coefficient (Wildman–Crippen LogP) is 3.85. The van der Waals surface area contributed by atoms with Crippen molar-refractivity contribution in [3.05, 3.63) is 0 Å². The van der Waals surface area contributed by atoms with E-state index in [1.807, 2.05) is 0 Å². The van der Waals surface area contributed by atoms with Crippen molar-refractivity contribution in [2.75, 3.05) is 19.8 Å². The predicted molar refractivity (Wildman–Crippen MR) is 83.1 cm³/mol. The summed E-state index contributed by atoms with van der Waals surface area (Å²) >= 11 is 0. The van der Waals surface area contributed by atoms with Crippen LogP contribution >= 0.6 is 17.2 Å². The first-order valence-electron chi connectivity index (χ1n) is 7.14. The molecule has 0 aromatic carbocycles. The van der Waals surface area contributed by atoms with Crippen molar-refractivity contribution in [3.63, 3.8) is 0 Å². The molecule has 0 heterocycles. The van der Waals surface area contributed by atoms with E-state index < -0.39 is 17.2 Å². The lowest BCUT2D eigenvalue weighted by Crippen LogP contribution is -1.99. The Hall–Kier alpha value is 0.620. The maximum atomic E-state index is 7.23. The Kier molecular flexibility index (Phi) is 22.5. The van der Waals surface area contributed by atoms with Crippen LogP contribution in [-0.4, -0.2) is 34.5 Å². The van der Waals surface area contributed by atoms with Gasteiger partial charge in [-0.1, -0.05) is 40.0 Å². The van der Waals surface area contributed by atoms with E-state index in [9.17, 15) is 0 Å². The molecule has 0 aromatic heterocycles. The molecule has 0 aromatic rings. The highest BCUT2D eigenvalue weighted by molar-refractivity contribution is 7.41. The molecule has 8 heteroatoms. The van der Waals surface area contributed by atoms with Crippen LogP contribution in [0.15, 0.2) is 0 Å². The van der Waals surface area contributed by atoms with Gasteiger partial charge in [-0.3, -0.25) is 0 Å². The Balaban J connectivity index is 0. The smallest absolute Gasteiger partial charge is 0.328 e. The van der Waals surface area contributed by atoms with E-state index in [2.05, 4.69) is 20.8 Å². The Morgan fingerprint density at radius 2 is 0.900 bits per heavy atom. The van der Waals surface area contributed by atoms with E-state index in [1.54, 1.807) is 0 Å². The van der Waals surface area contributed by atoms with E-state index >= 15 is 0 Å². The van der Waals surface area contributed by atoms with Crippen LogP contribution in [0.2, 0.25) is 0 Å². The largest absolute Gasteiger partial charge is 0.332 e. The lowest BCUT2D eigenvalue weighted by atomic mass is 10.4. The minimum Gasteiger partial charge on any atom is -0.328 e. The first-order chi connectivity index (χ1) is 9.58. The number of hydrogen-bond donors (Lipinski definition) is 3. The molecule has 0 atom stereocenters. The van der Waals surface area contributed by atoms with E-state index in [-0.39, 0.29) is 0 Å². The molecule has 0 radical (unpaired) electrons. The highest BCUT2D eigenvalue weighted by Gasteiger charge is 2.11. The van der Waals surface area contributed by atoms with Crippen LogP contribution < -0.4 is 0 Å². The molecule has 0 unspecified atom stereocenters. The summed E-state index contributed by atoms with van der Waals surface area (Å²) in [4.78, 5) is 21.7. The van der Waals surface area contributed by atoms with Crippen LogP contribution in [0, 0.1) is 0 Å². The highest BCUT2D eigenvalue weighted by Crippen LogP contribution is 2.40. The minimum atomic E-state index is -2.62. The van der Waals surface area contributed by atoms with Crippen LogP contribution in [0.4, 0.5) is 0 Å². The molecule has 0 bridgehead atoms. The SMILES string of the molecule is CCCCOP(OCCCC)OCCCC.OP(O)O. The number of rotatable bonds is 12. The van der Waals surface area contributed by atoms with Gasteiger partial charge in [0, 0.05) is 0 Å². The molecular weight excluding hydrogens is 302 g/mol. The molecule has 0 amide bonds. The van der Waals surface area contributed by atoms with Crippen LogP contribution in [0.5, 0.6) is 0 Å². The van der Waals surface area contributed by atoms with Gasteiger partial charge in [0.15, 0.2) is 0 Å². The zero-order valence-corrected chi connectivity index (χ0v) is 14.6. The van der Waals surface area contributed by atoms with Gasteiger partial charge >= 0.3 is 17.2 Å². The zero-order valence-electron chi connectivity index (χ0n) is 12.8. The normalized spacial score (nSPS) is 10.8. The molecule has 0 spiro atoms. The molecule has 0 aliphatic heterocycles. The third kappa shape index (κ3) is 23.7. The van der Waals surface area contributed by atoms with Crippen molar-refractivity contribution < 1.29 is 28.3 Å². The van der Waals surface area contributed by atoms with E-state index in [0.717, 1.165) is 58.3 Å². The topological polar surface area (TPSA) is 88.4 Å². The Morgan fingerprint density at radius 3 is 1.10 bits per heavy atom. The van der Waals surface area contributed by atoms with Gasteiger partial charge in [0.1, 0.15) is 0 Å². The molecule has 0 aliphatic rings. The van der Waals surface area contributed by atoms with E-state index in [4.69, 9.17) is 28.3 Å². The molecule has 124 valence electrons. The maximum absolute atomic E-state index is 7.23. The summed E-state index contributed by atoms with van der Waals surface area (Å²) in [5.74, 6) is 0. The molecule has 3 N–H and O–H groups in total. The molecule has 0 rings (SSSR count). The average molecular weight is 332 g/mol. The molecule has 0 aliphatic carbocycles. The molecule has 0 saturated heterocycles. The Morgan fingerprint density at radius 1 is 0.650 bits per heavy atom. The van der Waals surface area contributed by atoms with Crippen molar-refractivity contribution >= 4 is 17.2 Å². The monoisotopic (exact) mass is 332 g/mol. The van der Waals surface area contributed by atoms with Crippen molar-refractivity contribution in [3.8, 4) is 0 Å². The maximum Gasteiger partial charge on any atom is 0.332 e. The van der Waals surface area contributed by atoms with Crippen LogP contribution in [-0.2, 0) is 13.6 Å². The van der Waals surface area contributed by atoms with Gasteiger partial charge in [0.05, 0.1) is 19.8 Å². The molecule has 0 saturated carbocycles. The number of unbranched alkanes of at least 4 members (excludes halogenated alkanes) is 3. The minimum absolute atomic E-state index is 0.750. The van der Waals surface area contributed by atoms with E-state index in [1.165, 1.54) is 0 Å². The van der Waals surface area contributed by atoms with Gasteiger partial charge in [0.2, 0.25) is 0 Å². The summed E-state index contributed by atoms with van der Waals surface area (Å²) in [5.41, 5.74) is 0. The summed E-state index contributed by atoms with van der Waals surface area (Å²) in [5, 5.41) is 0. The second-order valence-corrected chi connectivity index (χ2v) is 5.81. The third-order valence-electron chi connectivity index (χ3n) is 2.08. The van der Waals surface area contributed by atoms with Crippen molar-refractivity contribution in [2.24, 2.45) is 0 Å². The fourth-order valence-electron chi connectivity index (χ4n) is 0.962. The lowest BCUT2D eigenvalue weighted by molar-refractivity contribution is 0.155. The molecule has 0 fully saturated rings. The van der Waals surface area contributed by atoms with Gasteiger partial charge in [-0.2, -0.15) is 0 Å². The third-order valence-corrected chi connectivity index (χ3v) is 3.26. The Bertz CT molecular complexity index is 147. The Labute approximate surface area is 125 Å². The van der Waals surface area contributed by atoms with Crippen LogP contribution in [0.1, 0.15) is 59.3 Å². The van der Waals surface area contributed by atoms with Crippen LogP contribution in [0.3, 0.4) is 0 Å². The fraction of sp³-hybridized carbons (Fsp3) is 1.00. The second kappa shape index (κ2) is 19.6. The first kappa shape index (κ1) is 22.9. The summed E-state index contributed by atoms with van der Waals surface area (Å²) < 4.78 is 16.8. The standard InChI is InChI=1S/C12H27O3P.H3O3P/c1-4-7-10-13-16(14-11-8-5-2)15-12-9-6-3;1-4(2)3/h4-12H2,1-3H3;1-3H. The lowest BCUT2D eigenvalue weighted by Gasteiger charge is -2.16. The highest BCUT2D eigenvalue weighted by atomic mass is 31.2. The van der Waals surface area contributed by atoms with Gasteiger partial charge in [-0.15, -0.1) is 0 Å². The summed E-state index contributed by atoms with van der Waals surface area (Å²) in [6.07, 6.45) is 6.67.